The van der Waals surface area contributed by atoms with Gasteiger partial charge in [-0.2, -0.15) is 34.8 Å². The van der Waals surface area contributed by atoms with E-state index in [9.17, 15) is 39.6 Å². The van der Waals surface area contributed by atoms with E-state index in [-0.39, 0.29) is 11.1 Å². The zero-order valence-corrected chi connectivity index (χ0v) is 16.5. The summed E-state index contributed by atoms with van der Waals surface area (Å²) in [4.78, 5) is 12.5. The number of carbonyl (C=O) groups is 1. The van der Waals surface area contributed by atoms with E-state index in [1.165, 1.54) is 0 Å². The molecule has 0 aliphatic carbocycles. The summed E-state index contributed by atoms with van der Waals surface area (Å²) in [7, 11) is -4.53. The second-order valence-electron chi connectivity index (χ2n) is 6.66. The Hall–Kier alpha value is -3.22. The summed E-state index contributed by atoms with van der Waals surface area (Å²) in [6, 6.07) is 6.59. The van der Waals surface area contributed by atoms with Crippen molar-refractivity contribution >= 4 is 15.9 Å². The molecule has 0 saturated heterocycles. The number of hydrogen-bond acceptors (Lipinski definition) is 6. The number of alkyl halides is 6. The summed E-state index contributed by atoms with van der Waals surface area (Å²) in [6.07, 6.45) is -10.7. The van der Waals surface area contributed by atoms with Crippen molar-refractivity contribution in [2.75, 3.05) is 0 Å². The molecule has 3 rings (SSSR count). The average Bonchev–Trinajstić information content (AvgIpc) is 2.94. The number of rotatable bonds is 5. The molecule has 1 heterocycles. The van der Waals surface area contributed by atoms with Gasteiger partial charge in [-0.15, -0.1) is 0 Å². The van der Waals surface area contributed by atoms with Gasteiger partial charge in [-0.05, 0) is 29.8 Å². The number of hydrogen-bond donors (Lipinski definition) is 1. The Balaban J connectivity index is 1.73. The van der Waals surface area contributed by atoms with E-state index in [1.54, 1.807) is 0 Å². The number of benzene rings is 2. The van der Waals surface area contributed by atoms with Crippen molar-refractivity contribution in [2.24, 2.45) is 5.73 Å². The van der Waals surface area contributed by atoms with Gasteiger partial charge in [0, 0.05) is 5.56 Å². The smallest absolute Gasteiger partial charge is 0.416 e. The van der Waals surface area contributed by atoms with Crippen molar-refractivity contribution in [3.8, 4) is 0 Å². The fourth-order valence-electron chi connectivity index (χ4n) is 2.77. The Labute approximate surface area is 177 Å². The lowest BCUT2D eigenvalue weighted by molar-refractivity contribution is -0.138. The minimum Gasteiger partial charge on any atom is -0.460 e. The molecule has 0 fully saturated rings. The summed E-state index contributed by atoms with van der Waals surface area (Å²) in [5, 5.41) is 0. The highest BCUT2D eigenvalue weighted by atomic mass is 32.2. The zero-order chi connectivity index (χ0) is 23.9. The number of halogens is 6. The maximum absolute atomic E-state index is 12.7. The first-order chi connectivity index (χ1) is 14.7. The molecule has 1 aliphatic rings. The monoisotopic (exact) mass is 481 g/mol. The molecule has 0 aromatic heterocycles. The number of nitrogens with two attached hydrogens (primary N) is 1. The summed E-state index contributed by atoms with van der Waals surface area (Å²) in [5.41, 5.74) is 3.48. The fraction of sp³-hybridized carbons (Fsp3) is 0.211. The van der Waals surface area contributed by atoms with E-state index in [4.69, 9.17) is 14.7 Å². The normalized spacial score (nSPS) is 17.4. The van der Waals surface area contributed by atoms with Gasteiger partial charge < -0.3 is 14.7 Å². The minimum absolute atomic E-state index is 0.0234. The highest BCUT2D eigenvalue weighted by Crippen LogP contribution is 2.35. The maximum Gasteiger partial charge on any atom is 0.416 e. The SMILES string of the molecule is NC1=C(OS(=O)(=O)Cc2ccc(C(F)(F)F)cc2)C(=O)C(c2ccc(C(F)(F)F)cc2)O1. The van der Waals surface area contributed by atoms with Crippen LogP contribution >= 0.6 is 0 Å². The number of ether oxygens (including phenoxy) is 1. The first-order valence-electron chi connectivity index (χ1n) is 8.63. The summed E-state index contributed by atoms with van der Waals surface area (Å²) < 4.78 is 110. The molecule has 13 heteroatoms. The van der Waals surface area contributed by atoms with Crippen molar-refractivity contribution in [3.63, 3.8) is 0 Å². The molecule has 0 spiro atoms. The number of ketones is 1. The second-order valence-corrected chi connectivity index (χ2v) is 8.23. The van der Waals surface area contributed by atoms with E-state index in [2.05, 4.69) is 0 Å². The molecular weight excluding hydrogens is 468 g/mol. The largest absolute Gasteiger partial charge is 0.460 e. The van der Waals surface area contributed by atoms with Gasteiger partial charge in [0.1, 0.15) is 5.75 Å². The van der Waals surface area contributed by atoms with Crippen molar-refractivity contribution < 1.29 is 48.5 Å². The second kappa shape index (κ2) is 8.04. The van der Waals surface area contributed by atoms with Crippen LogP contribution in [0.25, 0.3) is 0 Å². The van der Waals surface area contributed by atoms with Crippen molar-refractivity contribution in [3.05, 3.63) is 82.4 Å². The average molecular weight is 481 g/mol. The Kier molecular flexibility index (Phi) is 5.89. The van der Waals surface area contributed by atoms with Crippen LogP contribution < -0.4 is 5.73 Å². The van der Waals surface area contributed by atoms with Gasteiger partial charge in [0.15, 0.2) is 6.10 Å². The van der Waals surface area contributed by atoms with Crippen LogP contribution in [0.5, 0.6) is 0 Å². The molecule has 172 valence electrons. The van der Waals surface area contributed by atoms with Crippen molar-refractivity contribution in [1.82, 2.24) is 0 Å². The Morgan fingerprint density at radius 1 is 0.875 bits per heavy atom. The van der Waals surface area contributed by atoms with Crippen LogP contribution in [0.1, 0.15) is 28.4 Å². The van der Waals surface area contributed by atoms with E-state index in [0.717, 1.165) is 24.3 Å². The number of Topliss-reactive ketones (excluding diaryl/α,β-unsaturated/α-hetero) is 1. The summed E-state index contributed by atoms with van der Waals surface area (Å²) >= 11 is 0. The molecule has 0 amide bonds. The van der Waals surface area contributed by atoms with Crippen LogP contribution in [0.3, 0.4) is 0 Å². The molecule has 2 N–H and O–H groups in total. The van der Waals surface area contributed by atoms with Gasteiger partial charge in [-0.1, -0.05) is 24.3 Å². The molecule has 0 saturated carbocycles. The third kappa shape index (κ3) is 5.15. The van der Waals surface area contributed by atoms with Crippen molar-refractivity contribution in [2.45, 2.75) is 24.2 Å². The number of carbonyl (C=O) groups excluding carboxylic acids is 1. The maximum atomic E-state index is 12.7. The van der Waals surface area contributed by atoms with Crippen LogP contribution in [0, 0.1) is 0 Å². The first kappa shape index (κ1) is 23.4. The first-order valence-corrected chi connectivity index (χ1v) is 10.2. The fourth-order valence-corrected chi connectivity index (χ4v) is 3.85. The molecule has 32 heavy (non-hydrogen) atoms. The van der Waals surface area contributed by atoms with E-state index < -0.39 is 62.9 Å². The van der Waals surface area contributed by atoms with Gasteiger partial charge in [-0.3, -0.25) is 4.79 Å². The van der Waals surface area contributed by atoms with Gasteiger partial charge in [0.25, 0.3) is 0 Å². The quantitative estimate of drug-likeness (QED) is 0.512. The highest BCUT2D eigenvalue weighted by molar-refractivity contribution is 7.86. The molecule has 2 aromatic carbocycles. The van der Waals surface area contributed by atoms with Crippen LogP contribution in [-0.4, -0.2) is 14.2 Å². The molecule has 1 unspecified atom stereocenters. The van der Waals surface area contributed by atoms with Crippen LogP contribution in [0.2, 0.25) is 0 Å². The molecule has 1 atom stereocenters. The van der Waals surface area contributed by atoms with Crippen LogP contribution in [-0.2, 0) is 41.9 Å². The molecule has 2 aromatic rings. The molecule has 0 bridgehead atoms. The molecule has 0 radical (unpaired) electrons. The van der Waals surface area contributed by atoms with Gasteiger partial charge in [0.05, 0.1) is 11.1 Å². The third-order valence-corrected chi connectivity index (χ3v) is 5.41. The lowest BCUT2D eigenvalue weighted by Crippen LogP contribution is -2.16. The Morgan fingerprint density at radius 3 is 1.81 bits per heavy atom. The van der Waals surface area contributed by atoms with Gasteiger partial charge >= 0.3 is 22.5 Å². The molecule has 1 aliphatic heterocycles. The molecular formula is C19H13F6NO5S. The Bertz CT molecular complexity index is 1150. The summed E-state index contributed by atoms with van der Waals surface area (Å²) in [6.45, 7) is 0. The van der Waals surface area contributed by atoms with Crippen LogP contribution in [0.4, 0.5) is 26.3 Å². The van der Waals surface area contributed by atoms with E-state index >= 15 is 0 Å². The highest BCUT2D eigenvalue weighted by Gasteiger charge is 2.40. The Morgan fingerprint density at radius 2 is 1.34 bits per heavy atom. The topological polar surface area (TPSA) is 95.7 Å². The third-order valence-electron chi connectivity index (χ3n) is 4.31. The standard InChI is InChI=1S/C19H13F6NO5S/c20-18(21,22)12-5-1-10(2-6-12)9-32(28,29)31-16-14(27)15(30-17(16)26)11-3-7-13(8-4-11)19(23,24)25/h1-8,15H,9,26H2. The predicted octanol–water partition coefficient (Wildman–Crippen LogP) is 4.04. The van der Waals surface area contributed by atoms with Gasteiger partial charge in [0.2, 0.25) is 17.4 Å². The molecule has 6 nitrogen and oxygen atoms in total. The van der Waals surface area contributed by atoms with E-state index in [1.807, 2.05) is 0 Å². The van der Waals surface area contributed by atoms with E-state index in [0.29, 0.717) is 24.3 Å². The lowest BCUT2D eigenvalue weighted by atomic mass is 10.0. The minimum atomic E-state index is -4.60. The predicted molar refractivity (Wildman–Crippen MR) is 96.6 cm³/mol. The zero-order valence-electron chi connectivity index (χ0n) is 15.7. The summed E-state index contributed by atoms with van der Waals surface area (Å²) in [5.74, 6) is -3.49. The lowest BCUT2D eigenvalue weighted by Gasteiger charge is -2.12. The van der Waals surface area contributed by atoms with Crippen molar-refractivity contribution in [1.29, 1.82) is 0 Å². The van der Waals surface area contributed by atoms with Crippen LogP contribution in [0.15, 0.2) is 60.2 Å². The van der Waals surface area contributed by atoms with Gasteiger partial charge in [-0.25, -0.2) is 0 Å².